The molecule has 2 aromatic rings. The Balaban J connectivity index is 2.18. The molecule has 15 heavy (non-hydrogen) atoms. The predicted molar refractivity (Wildman–Crippen MR) is 58.5 cm³/mol. The highest BCUT2D eigenvalue weighted by Gasteiger charge is 2.13. The van der Waals surface area contributed by atoms with E-state index in [2.05, 4.69) is 26.0 Å². The summed E-state index contributed by atoms with van der Waals surface area (Å²) in [7, 11) is 0. The third-order valence-corrected chi connectivity index (χ3v) is 2.87. The van der Waals surface area contributed by atoms with Gasteiger partial charge in [0.2, 0.25) is 0 Å². The minimum atomic E-state index is 0.428. The lowest BCUT2D eigenvalue weighted by Gasteiger charge is -1.93. The summed E-state index contributed by atoms with van der Waals surface area (Å²) in [4.78, 5) is 15.5. The van der Waals surface area contributed by atoms with Crippen LogP contribution in [0.5, 0.6) is 0 Å². The molecule has 0 amide bonds. The van der Waals surface area contributed by atoms with Crippen LogP contribution in [-0.2, 0) is 0 Å². The molecule has 0 aliphatic heterocycles. The van der Waals surface area contributed by atoms with E-state index in [1.54, 1.807) is 0 Å². The molecule has 5 heteroatoms. The summed E-state index contributed by atoms with van der Waals surface area (Å²) < 4.78 is 0. The van der Waals surface area contributed by atoms with Gasteiger partial charge in [-0.3, -0.25) is 0 Å². The normalized spacial score (nSPS) is 15.9. The number of nitrogens with zero attached hydrogens (tertiary/aromatic N) is 3. The van der Waals surface area contributed by atoms with Gasteiger partial charge < -0.3 is 4.98 Å². The lowest BCUT2D eigenvalue weighted by atomic mass is 10.2. The Morgan fingerprint density at radius 1 is 1.33 bits per heavy atom. The number of halogens is 1. The van der Waals surface area contributed by atoms with Gasteiger partial charge in [0.1, 0.15) is 17.7 Å². The summed E-state index contributed by atoms with van der Waals surface area (Å²) in [5.74, 6) is 0.880. The van der Waals surface area contributed by atoms with Crippen molar-refractivity contribution in [2.45, 2.75) is 19.3 Å². The number of rotatable bonds is 1. The Morgan fingerprint density at radius 3 is 3.00 bits per heavy atom. The van der Waals surface area contributed by atoms with Crippen LogP contribution in [0.1, 0.15) is 25.1 Å². The van der Waals surface area contributed by atoms with Crippen LogP contribution >= 0.6 is 11.6 Å². The average molecular weight is 221 g/mol. The van der Waals surface area contributed by atoms with E-state index in [1.807, 2.05) is 0 Å². The number of hydrogen-bond acceptors (Lipinski definition) is 3. The van der Waals surface area contributed by atoms with E-state index in [1.165, 1.54) is 18.3 Å². The van der Waals surface area contributed by atoms with E-state index in [4.69, 9.17) is 11.6 Å². The Morgan fingerprint density at radius 2 is 2.27 bits per heavy atom. The van der Waals surface area contributed by atoms with Crippen molar-refractivity contribution in [3.8, 4) is 0 Å². The van der Waals surface area contributed by atoms with Gasteiger partial charge in [-0.25, -0.2) is 15.0 Å². The molecule has 0 atom stereocenters. The second-order valence-electron chi connectivity index (χ2n) is 3.57. The van der Waals surface area contributed by atoms with Gasteiger partial charge in [0.15, 0.2) is 10.8 Å². The lowest BCUT2D eigenvalue weighted by Crippen LogP contribution is -1.82. The highest BCUT2D eigenvalue weighted by Crippen LogP contribution is 2.27. The van der Waals surface area contributed by atoms with Gasteiger partial charge >= 0.3 is 0 Å². The molecule has 0 spiro atoms. The summed E-state index contributed by atoms with van der Waals surface area (Å²) in [6.07, 6.45) is 7.04. The second kappa shape index (κ2) is 3.31. The van der Waals surface area contributed by atoms with Crippen molar-refractivity contribution in [3.63, 3.8) is 0 Å². The molecule has 3 rings (SSSR count). The minimum absolute atomic E-state index is 0.428. The average Bonchev–Trinajstić information content (AvgIpc) is 2.86. The van der Waals surface area contributed by atoms with Gasteiger partial charge in [0.25, 0.3) is 0 Å². The molecular formula is C10H9ClN4. The molecule has 1 aliphatic carbocycles. The first kappa shape index (κ1) is 8.85. The van der Waals surface area contributed by atoms with Gasteiger partial charge in [-0.2, -0.15) is 0 Å². The third-order valence-electron chi connectivity index (χ3n) is 2.59. The molecule has 1 N–H and O–H groups in total. The van der Waals surface area contributed by atoms with Crippen LogP contribution in [0.4, 0.5) is 0 Å². The topological polar surface area (TPSA) is 54.5 Å². The van der Waals surface area contributed by atoms with Gasteiger partial charge in [-0.1, -0.05) is 17.7 Å². The van der Waals surface area contributed by atoms with E-state index in [0.29, 0.717) is 10.8 Å². The van der Waals surface area contributed by atoms with Crippen molar-refractivity contribution in [2.24, 2.45) is 0 Å². The summed E-state index contributed by atoms with van der Waals surface area (Å²) in [5, 5.41) is 0.428. The van der Waals surface area contributed by atoms with Crippen LogP contribution in [0.25, 0.3) is 16.7 Å². The smallest absolute Gasteiger partial charge is 0.182 e. The molecule has 0 bridgehead atoms. The standard InChI is InChI=1S/C10H9ClN4/c11-8-7-10(13-5-12-8)15-9(14-7)6-3-1-2-4-6/h3,5H,1-2,4H2,(H,12,13,14,15). The van der Waals surface area contributed by atoms with E-state index in [9.17, 15) is 0 Å². The fourth-order valence-corrected chi connectivity index (χ4v) is 2.01. The first-order valence-electron chi connectivity index (χ1n) is 4.90. The second-order valence-corrected chi connectivity index (χ2v) is 3.93. The Bertz CT molecular complexity index is 543. The summed E-state index contributed by atoms with van der Waals surface area (Å²) in [6, 6.07) is 0. The number of aromatic amines is 1. The van der Waals surface area contributed by atoms with Gasteiger partial charge in [0.05, 0.1) is 0 Å². The molecule has 0 fully saturated rings. The molecule has 4 nitrogen and oxygen atoms in total. The molecule has 76 valence electrons. The van der Waals surface area contributed by atoms with Gasteiger partial charge in [-0.15, -0.1) is 0 Å². The Kier molecular flexibility index (Phi) is 1.95. The zero-order valence-corrected chi connectivity index (χ0v) is 8.75. The largest absolute Gasteiger partial charge is 0.334 e. The Hall–Kier alpha value is -1.42. The minimum Gasteiger partial charge on any atom is -0.334 e. The number of nitrogens with one attached hydrogen (secondary N) is 1. The first-order chi connectivity index (χ1) is 7.34. The van der Waals surface area contributed by atoms with Crippen LogP contribution in [0.2, 0.25) is 5.15 Å². The lowest BCUT2D eigenvalue weighted by molar-refractivity contribution is 0.931. The maximum Gasteiger partial charge on any atom is 0.182 e. The van der Waals surface area contributed by atoms with E-state index >= 15 is 0 Å². The van der Waals surface area contributed by atoms with Crippen LogP contribution in [0, 0.1) is 0 Å². The molecule has 1 aliphatic rings. The fourth-order valence-electron chi connectivity index (χ4n) is 1.84. The van der Waals surface area contributed by atoms with E-state index < -0.39 is 0 Å². The van der Waals surface area contributed by atoms with Crippen LogP contribution < -0.4 is 0 Å². The van der Waals surface area contributed by atoms with Gasteiger partial charge in [-0.05, 0) is 24.8 Å². The van der Waals surface area contributed by atoms with Crippen molar-refractivity contribution in [2.75, 3.05) is 0 Å². The summed E-state index contributed by atoms with van der Waals surface area (Å²) in [6.45, 7) is 0. The van der Waals surface area contributed by atoms with E-state index in [0.717, 1.165) is 24.2 Å². The zero-order valence-electron chi connectivity index (χ0n) is 8.00. The highest BCUT2D eigenvalue weighted by molar-refractivity contribution is 6.33. The number of H-pyrrole nitrogens is 1. The molecule has 0 saturated carbocycles. The molecule has 0 unspecified atom stereocenters. The maximum absolute atomic E-state index is 5.94. The van der Waals surface area contributed by atoms with Gasteiger partial charge in [0, 0.05) is 0 Å². The number of aromatic nitrogens is 4. The molecule has 2 aromatic heterocycles. The quantitative estimate of drug-likeness (QED) is 0.752. The predicted octanol–water partition coefficient (Wildman–Crippen LogP) is 2.57. The van der Waals surface area contributed by atoms with Crippen molar-refractivity contribution >= 4 is 28.3 Å². The van der Waals surface area contributed by atoms with Crippen molar-refractivity contribution in [1.82, 2.24) is 19.9 Å². The molecule has 2 heterocycles. The van der Waals surface area contributed by atoms with Crippen molar-refractivity contribution in [3.05, 3.63) is 23.4 Å². The molecule has 0 aromatic carbocycles. The number of imidazole rings is 1. The van der Waals surface area contributed by atoms with Crippen LogP contribution in [-0.4, -0.2) is 19.9 Å². The number of allylic oxidation sites excluding steroid dienone is 2. The van der Waals surface area contributed by atoms with Crippen LogP contribution in [0.15, 0.2) is 12.4 Å². The SMILES string of the molecule is Clc1ncnc2nc(C3=CCCC3)[nH]c12. The summed E-state index contributed by atoms with van der Waals surface area (Å²) in [5.41, 5.74) is 2.61. The molecule has 0 saturated heterocycles. The molecular weight excluding hydrogens is 212 g/mol. The fraction of sp³-hybridized carbons (Fsp3) is 0.300. The van der Waals surface area contributed by atoms with Crippen LogP contribution in [0.3, 0.4) is 0 Å². The summed E-state index contributed by atoms with van der Waals surface area (Å²) >= 11 is 5.94. The highest BCUT2D eigenvalue weighted by atomic mass is 35.5. The Labute approximate surface area is 91.4 Å². The molecule has 0 radical (unpaired) electrons. The third kappa shape index (κ3) is 1.41. The van der Waals surface area contributed by atoms with Crippen molar-refractivity contribution in [1.29, 1.82) is 0 Å². The monoisotopic (exact) mass is 220 g/mol. The van der Waals surface area contributed by atoms with Crippen molar-refractivity contribution < 1.29 is 0 Å². The zero-order chi connectivity index (χ0) is 10.3. The van der Waals surface area contributed by atoms with E-state index in [-0.39, 0.29) is 0 Å². The number of hydrogen-bond donors (Lipinski definition) is 1. The number of fused-ring (bicyclic) bond motifs is 1. The first-order valence-corrected chi connectivity index (χ1v) is 5.28. The maximum atomic E-state index is 5.94.